The zero-order valence-electron chi connectivity index (χ0n) is 28.0. The van der Waals surface area contributed by atoms with Gasteiger partial charge in [-0.25, -0.2) is 4.98 Å². The van der Waals surface area contributed by atoms with Crippen LogP contribution in [-0.4, -0.2) is 9.38 Å². The number of para-hydroxylation sites is 2. The van der Waals surface area contributed by atoms with Crippen molar-refractivity contribution in [2.45, 2.75) is 0 Å². The fourth-order valence-electron chi connectivity index (χ4n) is 8.83. The fraction of sp³-hybridized carbons (Fsp3) is 0. The molecule has 52 heavy (non-hydrogen) atoms. The van der Waals surface area contributed by atoms with E-state index in [1.165, 1.54) is 91.0 Å². The van der Waals surface area contributed by atoms with Crippen molar-refractivity contribution in [3.05, 3.63) is 170 Å². The summed E-state index contributed by atoms with van der Waals surface area (Å²) in [6.45, 7) is 0. The van der Waals surface area contributed by atoms with E-state index in [2.05, 4.69) is 174 Å². The van der Waals surface area contributed by atoms with Crippen molar-refractivity contribution in [3.63, 3.8) is 0 Å². The van der Waals surface area contributed by atoms with Crippen molar-refractivity contribution in [1.29, 1.82) is 0 Å². The van der Waals surface area contributed by atoms with Crippen molar-refractivity contribution in [3.8, 4) is 22.3 Å². The minimum absolute atomic E-state index is 1.00. The van der Waals surface area contributed by atoms with Crippen molar-refractivity contribution >= 4 is 102 Å². The summed E-state index contributed by atoms with van der Waals surface area (Å²) in [7, 11) is 0. The number of thiophene rings is 1. The first kappa shape index (κ1) is 28.2. The van der Waals surface area contributed by atoms with Crippen LogP contribution in [0.5, 0.6) is 0 Å². The lowest BCUT2D eigenvalue weighted by molar-refractivity contribution is 1.31. The number of imidazole rings is 1. The Bertz CT molecular complexity index is 3420. The van der Waals surface area contributed by atoms with Gasteiger partial charge in [0.05, 0.1) is 16.6 Å². The van der Waals surface area contributed by atoms with Gasteiger partial charge in [-0.3, -0.25) is 4.40 Å². The fourth-order valence-corrected chi connectivity index (χ4v) is 10.0. The first-order valence-corrected chi connectivity index (χ1v) is 18.6. The maximum atomic E-state index is 5.10. The molecule has 0 spiro atoms. The van der Waals surface area contributed by atoms with E-state index < -0.39 is 0 Å². The highest BCUT2D eigenvalue weighted by Crippen LogP contribution is 2.46. The third-order valence-corrected chi connectivity index (χ3v) is 12.2. The molecule has 0 amide bonds. The summed E-state index contributed by atoms with van der Waals surface area (Å²) in [6, 6.07) is 62.6. The van der Waals surface area contributed by atoms with Crippen LogP contribution < -0.4 is 0 Å². The molecule has 0 bridgehead atoms. The van der Waals surface area contributed by atoms with Gasteiger partial charge >= 0.3 is 0 Å². The number of aromatic nitrogens is 2. The Kier molecular flexibility index (Phi) is 5.68. The molecule has 3 aromatic heterocycles. The Balaban J connectivity index is 1.14. The van der Waals surface area contributed by atoms with Crippen molar-refractivity contribution in [1.82, 2.24) is 9.38 Å². The van der Waals surface area contributed by atoms with Gasteiger partial charge in [-0.15, -0.1) is 11.3 Å². The number of benzene rings is 9. The Morgan fingerprint density at radius 2 is 0.923 bits per heavy atom. The summed E-state index contributed by atoms with van der Waals surface area (Å²) < 4.78 is 4.99. The number of pyridine rings is 1. The SMILES string of the molecule is c1ccc2cc3c(cc2c1)sc1cc(-c2c4ccccc4c(-c4ccc5c(c4)c4ccccc4c4nc6ccccc6n54)c4ccccc24)ccc13. The smallest absolute Gasteiger partial charge is 0.146 e. The molecular formula is C49H28N2S. The average molecular weight is 677 g/mol. The molecule has 0 unspecified atom stereocenters. The molecule has 0 fully saturated rings. The molecule has 3 heterocycles. The zero-order valence-corrected chi connectivity index (χ0v) is 28.8. The maximum Gasteiger partial charge on any atom is 0.146 e. The molecule has 9 aromatic carbocycles. The van der Waals surface area contributed by atoms with Gasteiger partial charge in [-0.1, -0.05) is 127 Å². The molecule has 0 radical (unpaired) electrons. The molecular weight excluding hydrogens is 649 g/mol. The second kappa shape index (κ2) is 10.5. The summed E-state index contributed by atoms with van der Waals surface area (Å²) in [5, 5.41) is 13.9. The standard InChI is InChI=1S/C49H28N2S/c1-2-12-30-27-46-41(25-29(30)11-1)34-23-21-32(28-45(34)52-46)48-37-16-6-4-14-35(37)47(36-15-5-7-17-38(36)48)31-22-24-43-40(26-31)33-13-3-8-18-39(33)49-50-42-19-9-10-20-44(42)51(43)49/h1-28H. The summed E-state index contributed by atoms with van der Waals surface area (Å²) in [5.74, 6) is 0. The van der Waals surface area contributed by atoms with Gasteiger partial charge in [-0.2, -0.15) is 0 Å². The molecule has 0 atom stereocenters. The Morgan fingerprint density at radius 1 is 0.365 bits per heavy atom. The first-order valence-electron chi connectivity index (χ1n) is 17.8. The molecule has 0 N–H and O–H groups in total. The Morgan fingerprint density at radius 3 is 1.65 bits per heavy atom. The maximum absolute atomic E-state index is 5.10. The Labute approximate surface area is 302 Å². The van der Waals surface area contributed by atoms with Gasteiger partial charge in [0.15, 0.2) is 0 Å². The minimum Gasteiger partial charge on any atom is -0.292 e. The third kappa shape index (κ3) is 3.86. The molecule has 2 nitrogen and oxygen atoms in total. The number of rotatable bonds is 2. The molecule has 12 rings (SSSR count). The van der Waals surface area contributed by atoms with E-state index in [4.69, 9.17) is 4.98 Å². The number of nitrogens with zero attached hydrogens (tertiary/aromatic N) is 2. The lowest BCUT2D eigenvalue weighted by Gasteiger charge is -2.18. The molecule has 0 aliphatic heterocycles. The molecule has 0 saturated carbocycles. The van der Waals surface area contributed by atoms with E-state index in [0.717, 1.165) is 22.1 Å². The molecule has 0 aliphatic carbocycles. The van der Waals surface area contributed by atoms with Gasteiger partial charge in [-0.05, 0) is 102 Å². The molecule has 3 heteroatoms. The van der Waals surface area contributed by atoms with Crippen molar-refractivity contribution < 1.29 is 0 Å². The van der Waals surface area contributed by atoms with Crippen LogP contribution in [0.15, 0.2) is 170 Å². The van der Waals surface area contributed by atoms with Gasteiger partial charge in [0.1, 0.15) is 5.65 Å². The van der Waals surface area contributed by atoms with Crippen LogP contribution in [0.2, 0.25) is 0 Å². The van der Waals surface area contributed by atoms with Crippen molar-refractivity contribution in [2.24, 2.45) is 0 Å². The number of hydrogen-bond acceptors (Lipinski definition) is 2. The zero-order chi connectivity index (χ0) is 33.9. The topological polar surface area (TPSA) is 17.3 Å². The van der Waals surface area contributed by atoms with E-state index in [9.17, 15) is 0 Å². The lowest BCUT2D eigenvalue weighted by Crippen LogP contribution is -1.94. The van der Waals surface area contributed by atoms with Crippen LogP contribution in [0.4, 0.5) is 0 Å². The van der Waals surface area contributed by atoms with Crippen LogP contribution in [0.25, 0.3) is 113 Å². The number of fused-ring (bicyclic) bond motifs is 14. The van der Waals surface area contributed by atoms with Crippen LogP contribution in [-0.2, 0) is 0 Å². The van der Waals surface area contributed by atoms with E-state index in [1.54, 1.807) is 0 Å². The molecule has 0 saturated heterocycles. The van der Waals surface area contributed by atoms with Gasteiger partial charge in [0.25, 0.3) is 0 Å². The summed E-state index contributed by atoms with van der Waals surface area (Å²) in [4.78, 5) is 5.10. The van der Waals surface area contributed by atoms with Crippen LogP contribution in [0.1, 0.15) is 0 Å². The predicted molar refractivity (Wildman–Crippen MR) is 224 cm³/mol. The van der Waals surface area contributed by atoms with Crippen LogP contribution in [0, 0.1) is 0 Å². The largest absolute Gasteiger partial charge is 0.292 e. The van der Waals surface area contributed by atoms with Gasteiger partial charge < -0.3 is 0 Å². The average Bonchev–Trinajstić information content (AvgIpc) is 3.77. The van der Waals surface area contributed by atoms with Gasteiger partial charge in [0, 0.05) is 30.9 Å². The summed E-state index contributed by atoms with van der Waals surface area (Å²) in [5.41, 5.74) is 9.34. The molecule has 12 aromatic rings. The van der Waals surface area contributed by atoms with Crippen LogP contribution >= 0.6 is 11.3 Å². The normalized spacial score (nSPS) is 12.2. The minimum atomic E-state index is 1.00. The summed E-state index contributed by atoms with van der Waals surface area (Å²) >= 11 is 1.89. The Hall–Kier alpha value is -6.55. The highest BCUT2D eigenvalue weighted by atomic mass is 32.1. The molecule has 0 aliphatic rings. The lowest BCUT2D eigenvalue weighted by atomic mass is 9.85. The van der Waals surface area contributed by atoms with E-state index in [-0.39, 0.29) is 0 Å². The van der Waals surface area contributed by atoms with Crippen LogP contribution in [0.3, 0.4) is 0 Å². The second-order valence-corrected chi connectivity index (χ2v) is 15.0. The van der Waals surface area contributed by atoms with E-state index in [1.807, 2.05) is 11.3 Å². The third-order valence-electron chi connectivity index (χ3n) is 11.1. The van der Waals surface area contributed by atoms with E-state index in [0.29, 0.717) is 0 Å². The van der Waals surface area contributed by atoms with E-state index >= 15 is 0 Å². The number of hydrogen-bond donors (Lipinski definition) is 0. The van der Waals surface area contributed by atoms with Crippen molar-refractivity contribution in [2.75, 3.05) is 0 Å². The second-order valence-electron chi connectivity index (χ2n) is 13.9. The quantitative estimate of drug-likeness (QED) is 0.132. The molecule has 240 valence electrons. The highest BCUT2D eigenvalue weighted by Gasteiger charge is 2.19. The monoisotopic (exact) mass is 676 g/mol. The summed E-state index contributed by atoms with van der Waals surface area (Å²) in [6.07, 6.45) is 0. The van der Waals surface area contributed by atoms with Gasteiger partial charge in [0.2, 0.25) is 0 Å². The predicted octanol–water partition coefficient (Wildman–Crippen LogP) is 14.0. The first-order chi connectivity index (χ1) is 25.8. The highest BCUT2D eigenvalue weighted by molar-refractivity contribution is 7.25.